The van der Waals surface area contributed by atoms with Crippen molar-refractivity contribution in [1.29, 1.82) is 0 Å². The molecule has 0 aliphatic carbocycles. The monoisotopic (exact) mass is 573 g/mol. The molecular weight excluding hydrogens is 529 g/mol. The number of carbonyl (C=O) groups excluding carboxylic acids is 1. The minimum atomic E-state index is -1.13. The summed E-state index contributed by atoms with van der Waals surface area (Å²) in [6.07, 6.45) is 5.81. The summed E-state index contributed by atoms with van der Waals surface area (Å²) in [4.78, 5) is 36.3. The van der Waals surface area contributed by atoms with Crippen LogP contribution in [0.1, 0.15) is 56.4 Å². The number of nitrogens with one attached hydrogen (secondary N) is 2. The highest BCUT2D eigenvalue weighted by Crippen LogP contribution is 2.30. The van der Waals surface area contributed by atoms with Gasteiger partial charge in [-0.2, -0.15) is 0 Å². The Balaban J connectivity index is 1.58. The van der Waals surface area contributed by atoms with Crippen molar-refractivity contribution in [3.8, 4) is 5.88 Å². The lowest BCUT2D eigenvalue weighted by Crippen LogP contribution is -2.50. The van der Waals surface area contributed by atoms with Gasteiger partial charge in [-0.25, -0.2) is 19.2 Å². The van der Waals surface area contributed by atoms with E-state index in [0.29, 0.717) is 31.1 Å². The number of halogens is 1. The maximum atomic E-state index is 13.5. The van der Waals surface area contributed by atoms with Crippen LogP contribution in [0.2, 0.25) is 0 Å². The maximum absolute atomic E-state index is 13.5. The summed E-state index contributed by atoms with van der Waals surface area (Å²) in [5, 5.41) is 16.0. The second-order valence-electron chi connectivity index (χ2n) is 10.9. The van der Waals surface area contributed by atoms with E-state index >= 15 is 0 Å². The number of anilines is 1. The predicted molar refractivity (Wildman–Crippen MR) is 155 cm³/mol. The van der Waals surface area contributed by atoms with Gasteiger partial charge in [0.25, 0.3) is 0 Å². The van der Waals surface area contributed by atoms with Crippen LogP contribution in [0.3, 0.4) is 0 Å². The summed E-state index contributed by atoms with van der Waals surface area (Å²) in [6, 6.07) is 6.55. The molecule has 2 aromatic rings. The van der Waals surface area contributed by atoms with Gasteiger partial charge in [0.2, 0.25) is 11.8 Å². The zero-order valence-electron chi connectivity index (χ0n) is 24.6. The SMILES string of the molecule is COc1ncccc1C(C)(C)C(=O)NC(CCN(CCCCc1ccc2c(n1)NCCC2)CC(CF)OC)C(=O)O. The standard InChI is InChI=1S/C30H44FN5O5/c1-30(2,24-11-8-16-33-27(24)41-4)29(39)35-25(28(37)38)14-18-36(20-23(19-31)40-3)17-6-5-10-22-13-12-21-9-7-15-32-26(21)34-22/h8,11-13,16,23,25H,5-7,9-10,14-15,17-20H2,1-4H3,(H,32,34)(H,35,39)(H,37,38). The van der Waals surface area contributed by atoms with Crippen LogP contribution in [0.5, 0.6) is 5.88 Å². The molecule has 0 radical (unpaired) electrons. The first-order valence-electron chi connectivity index (χ1n) is 14.3. The van der Waals surface area contributed by atoms with E-state index in [9.17, 15) is 19.1 Å². The van der Waals surface area contributed by atoms with E-state index in [4.69, 9.17) is 14.5 Å². The number of rotatable bonds is 17. The molecule has 0 bridgehead atoms. The highest BCUT2D eigenvalue weighted by molar-refractivity contribution is 5.91. The first-order valence-corrected chi connectivity index (χ1v) is 14.3. The quantitative estimate of drug-likeness (QED) is 0.244. The molecule has 1 aliphatic heterocycles. The van der Waals surface area contributed by atoms with Crippen molar-refractivity contribution >= 4 is 17.7 Å². The average molecular weight is 574 g/mol. The molecule has 11 heteroatoms. The first kappa shape index (κ1) is 32.2. The molecule has 3 rings (SSSR count). The van der Waals surface area contributed by atoms with E-state index in [0.717, 1.165) is 50.2 Å². The molecule has 2 aromatic heterocycles. The number of aryl methyl sites for hydroxylation is 2. The van der Waals surface area contributed by atoms with Crippen molar-refractivity contribution in [3.63, 3.8) is 0 Å². The molecule has 3 N–H and O–H groups in total. The number of carboxylic acid groups (broad SMARTS) is 1. The molecule has 226 valence electrons. The van der Waals surface area contributed by atoms with Crippen LogP contribution in [0.4, 0.5) is 10.2 Å². The Kier molecular flexibility index (Phi) is 12.3. The third-order valence-electron chi connectivity index (χ3n) is 7.62. The number of methoxy groups -OCH3 is 2. The Morgan fingerprint density at radius 1 is 1.22 bits per heavy atom. The lowest BCUT2D eigenvalue weighted by molar-refractivity contribution is -0.143. The molecule has 2 atom stereocenters. The molecule has 0 saturated carbocycles. The van der Waals surface area contributed by atoms with Gasteiger partial charge in [0.05, 0.1) is 18.6 Å². The molecule has 1 amide bonds. The molecule has 0 saturated heterocycles. The average Bonchev–Trinajstić information content (AvgIpc) is 2.98. The fourth-order valence-electron chi connectivity index (χ4n) is 4.98. The lowest BCUT2D eigenvalue weighted by atomic mass is 9.84. The zero-order valence-corrected chi connectivity index (χ0v) is 24.6. The molecular formula is C30H44FN5O5. The number of carboxylic acids is 1. The van der Waals surface area contributed by atoms with Crippen molar-refractivity contribution < 1.29 is 28.6 Å². The highest BCUT2D eigenvalue weighted by atomic mass is 19.1. The Labute approximate surface area is 242 Å². The minimum Gasteiger partial charge on any atom is -0.481 e. The lowest BCUT2D eigenvalue weighted by Gasteiger charge is -2.29. The Hall–Kier alpha value is -3.31. The van der Waals surface area contributed by atoms with Crippen molar-refractivity contribution in [2.75, 3.05) is 52.4 Å². The third kappa shape index (κ3) is 9.09. The summed E-state index contributed by atoms with van der Waals surface area (Å²) in [6.45, 7) is 5.03. The Morgan fingerprint density at radius 2 is 2.02 bits per heavy atom. The summed E-state index contributed by atoms with van der Waals surface area (Å²) < 4.78 is 24.0. The second kappa shape index (κ2) is 15.6. The second-order valence-corrected chi connectivity index (χ2v) is 10.9. The summed E-state index contributed by atoms with van der Waals surface area (Å²) in [7, 11) is 2.94. The molecule has 1 aliphatic rings. The number of aromatic nitrogens is 2. The van der Waals surface area contributed by atoms with E-state index < -0.39 is 36.1 Å². The molecule has 2 unspecified atom stereocenters. The van der Waals surface area contributed by atoms with Gasteiger partial charge < -0.3 is 30.1 Å². The fraction of sp³-hybridized carbons (Fsp3) is 0.600. The Bertz CT molecular complexity index is 1140. The van der Waals surface area contributed by atoms with E-state index in [1.54, 1.807) is 32.2 Å². The van der Waals surface area contributed by atoms with E-state index in [2.05, 4.69) is 27.8 Å². The number of nitrogens with zero attached hydrogens (tertiary/aromatic N) is 3. The van der Waals surface area contributed by atoms with Crippen molar-refractivity contribution in [3.05, 3.63) is 47.3 Å². The van der Waals surface area contributed by atoms with Gasteiger partial charge >= 0.3 is 5.97 Å². The number of unbranched alkanes of at least 4 members (excludes halogenated alkanes) is 1. The minimum absolute atomic E-state index is 0.155. The summed E-state index contributed by atoms with van der Waals surface area (Å²) in [5.74, 6) is -0.293. The highest BCUT2D eigenvalue weighted by Gasteiger charge is 2.35. The van der Waals surface area contributed by atoms with Crippen LogP contribution in [0.25, 0.3) is 0 Å². The summed E-state index contributed by atoms with van der Waals surface area (Å²) >= 11 is 0. The van der Waals surface area contributed by atoms with Gasteiger partial charge in [-0.15, -0.1) is 0 Å². The molecule has 0 aromatic carbocycles. The molecule has 0 fully saturated rings. The van der Waals surface area contributed by atoms with Gasteiger partial charge in [0.1, 0.15) is 18.5 Å². The van der Waals surface area contributed by atoms with E-state index in [1.807, 2.05) is 4.90 Å². The molecule has 41 heavy (non-hydrogen) atoms. The number of pyridine rings is 2. The van der Waals surface area contributed by atoms with Crippen molar-refractivity contribution in [2.24, 2.45) is 0 Å². The number of hydrogen-bond acceptors (Lipinski definition) is 8. The molecule has 10 nitrogen and oxygen atoms in total. The number of ether oxygens (including phenoxy) is 2. The van der Waals surface area contributed by atoms with Gasteiger partial charge in [0.15, 0.2) is 0 Å². The summed E-state index contributed by atoms with van der Waals surface area (Å²) in [5.41, 5.74) is 1.76. The number of carbonyl (C=O) groups is 2. The number of alkyl halides is 1. The maximum Gasteiger partial charge on any atom is 0.326 e. The van der Waals surface area contributed by atoms with Crippen LogP contribution < -0.4 is 15.4 Å². The van der Waals surface area contributed by atoms with Crippen molar-refractivity contribution in [2.45, 2.75) is 69.9 Å². The third-order valence-corrected chi connectivity index (χ3v) is 7.62. The van der Waals surface area contributed by atoms with E-state index in [-0.39, 0.29) is 6.42 Å². The first-order chi connectivity index (χ1) is 19.7. The molecule has 3 heterocycles. The fourth-order valence-corrected chi connectivity index (χ4v) is 4.98. The van der Waals surface area contributed by atoms with Gasteiger partial charge in [-0.05, 0) is 76.6 Å². The number of amides is 1. The van der Waals surface area contributed by atoms with Crippen LogP contribution in [0, 0.1) is 0 Å². The van der Waals surface area contributed by atoms with Gasteiger partial charge in [0, 0.05) is 44.2 Å². The number of hydrogen-bond donors (Lipinski definition) is 3. The van der Waals surface area contributed by atoms with Crippen molar-refractivity contribution in [1.82, 2.24) is 20.2 Å². The van der Waals surface area contributed by atoms with Crippen LogP contribution in [-0.4, -0.2) is 91.1 Å². The number of fused-ring (bicyclic) bond motifs is 1. The molecule has 0 spiro atoms. The van der Waals surface area contributed by atoms with E-state index in [1.165, 1.54) is 19.8 Å². The Morgan fingerprint density at radius 3 is 2.73 bits per heavy atom. The largest absolute Gasteiger partial charge is 0.481 e. The zero-order chi connectivity index (χ0) is 29.8. The van der Waals surface area contributed by atoms with Gasteiger partial charge in [-0.1, -0.05) is 12.1 Å². The van der Waals surface area contributed by atoms with Crippen LogP contribution in [0.15, 0.2) is 30.5 Å². The normalized spacial score (nSPS) is 14.6. The number of aliphatic carboxylic acids is 1. The van der Waals surface area contributed by atoms with Crippen LogP contribution in [-0.2, 0) is 32.6 Å². The predicted octanol–water partition coefficient (Wildman–Crippen LogP) is 3.39. The van der Waals surface area contributed by atoms with Crippen LogP contribution >= 0.6 is 0 Å². The topological polar surface area (TPSA) is 126 Å². The van der Waals surface area contributed by atoms with Gasteiger partial charge in [-0.3, -0.25) is 4.79 Å². The smallest absolute Gasteiger partial charge is 0.326 e.